The van der Waals surface area contributed by atoms with Crippen LogP contribution in [0, 0.1) is 5.82 Å². The van der Waals surface area contributed by atoms with Crippen LogP contribution in [0.5, 0.6) is 11.5 Å². The third-order valence-corrected chi connectivity index (χ3v) is 2.71. The molecule has 4 nitrogen and oxygen atoms in total. The van der Waals surface area contributed by atoms with Crippen LogP contribution in [-0.4, -0.2) is 24.3 Å². The van der Waals surface area contributed by atoms with E-state index in [1.165, 1.54) is 19.1 Å². The molecule has 0 aromatic heterocycles. The summed E-state index contributed by atoms with van der Waals surface area (Å²) in [5.41, 5.74) is 0.441. The zero-order valence-corrected chi connectivity index (χ0v) is 9.40. The Morgan fingerprint density at radius 1 is 1.35 bits per heavy atom. The molecule has 0 fully saturated rings. The van der Waals surface area contributed by atoms with E-state index >= 15 is 0 Å². The molecular formula is C12H13FO4. The molecule has 2 rings (SSSR count). The Bertz CT molecular complexity index is 444. The molecule has 0 amide bonds. The van der Waals surface area contributed by atoms with E-state index in [1.807, 2.05) is 0 Å². The van der Waals surface area contributed by atoms with Crippen LogP contribution in [0.3, 0.4) is 0 Å². The third kappa shape index (κ3) is 2.18. The van der Waals surface area contributed by atoms with E-state index in [1.54, 1.807) is 0 Å². The van der Waals surface area contributed by atoms with Gasteiger partial charge in [0.25, 0.3) is 0 Å². The van der Waals surface area contributed by atoms with Gasteiger partial charge >= 0.3 is 5.97 Å². The Morgan fingerprint density at radius 2 is 2.00 bits per heavy atom. The molecule has 0 aliphatic carbocycles. The molecular weight excluding hydrogens is 227 g/mol. The molecule has 17 heavy (non-hydrogen) atoms. The van der Waals surface area contributed by atoms with Crippen molar-refractivity contribution in [3.8, 4) is 11.5 Å². The molecule has 1 aliphatic heterocycles. The molecule has 1 aromatic rings. The minimum absolute atomic E-state index is 0.0214. The fraction of sp³-hybridized carbons (Fsp3) is 0.417. The largest absolute Gasteiger partial charge is 0.489 e. The first-order valence-electron chi connectivity index (χ1n) is 5.42. The van der Waals surface area contributed by atoms with Crippen molar-refractivity contribution in [3.63, 3.8) is 0 Å². The SMILES string of the molecule is CC(C(=O)O)c1ccc(F)c2c1OCCCO2. The van der Waals surface area contributed by atoms with Gasteiger partial charge in [0, 0.05) is 12.0 Å². The second-order valence-electron chi connectivity index (χ2n) is 3.91. The van der Waals surface area contributed by atoms with Gasteiger partial charge < -0.3 is 14.6 Å². The number of rotatable bonds is 2. The average molecular weight is 240 g/mol. The van der Waals surface area contributed by atoms with Crippen LogP contribution < -0.4 is 9.47 Å². The second kappa shape index (κ2) is 4.61. The van der Waals surface area contributed by atoms with Crippen LogP contribution in [0.2, 0.25) is 0 Å². The fourth-order valence-electron chi connectivity index (χ4n) is 1.72. The summed E-state index contributed by atoms with van der Waals surface area (Å²) in [5.74, 6) is -2.02. The first-order chi connectivity index (χ1) is 8.11. The number of carbonyl (C=O) groups is 1. The van der Waals surface area contributed by atoms with Crippen LogP contribution in [0.1, 0.15) is 24.8 Å². The average Bonchev–Trinajstić information content (AvgIpc) is 2.54. The van der Waals surface area contributed by atoms with Gasteiger partial charge in [-0.25, -0.2) is 4.39 Å². The quantitative estimate of drug-likeness (QED) is 0.860. The first kappa shape index (κ1) is 11.7. The molecule has 1 aromatic carbocycles. The summed E-state index contributed by atoms with van der Waals surface area (Å²) in [4.78, 5) is 11.0. The molecule has 0 bridgehead atoms. The predicted octanol–water partition coefficient (Wildman–Crippen LogP) is 2.18. The maximum absolute atomic E-state index is 13.5. The van der Waals surface area contributed by atoms with E-state index in [9.17, 15) is 9.18 Å². The van der Waals surface area contributed by atoms with Gasteiger partial charge in [-0.1, -0.05) is 6.07 Å². The van der Waals surface area contributed by atoms with Crippen LogP contribution in [0.15, 0.2) is 12.1 Å². The third-order valence-electron chi connectivity index (χ3n) is 2.71. The monoisotopic (exact) mass is 240 g/mol. The maximum Gasteiger partial charge on any atom is 0.310 e. The lowest BCUT2D eigenvalue weighted by Gasteiger charge is -2.15. The molecule has 92 valence electrons. The molecule has 1 unspecified atom stereocenters. The summed E-state index contributed by atoms with van der Waals surface area (Å²) in [6, 6.07) is 2.64. The highest BCUT2D eigenvalue weighted by Gasteiger charge is 2.25. The lowest BCUT2D eigenvalue weighted by atomic mass is 9.99. The molecule has 5 heteroatoms. The standard InChI is InChI=1S/C12H13FO4/c1-7(12(14)15)8-3-4-9(13)11-10(8)16-5-2-6-17-11/h3-4,7H,2,5-6H2,1H3,(H,14,15). The zero-order valence-electron chi connectivity index (χ0n) is 9.40. The summed E-state index contributed by atoms with van der Waals surface area (Å²) in [6.45, 7) is 2.30. The first-order valence-corrected chi connectivity index (χ1v) is 5.42. The van der Waals surface area contributed by atoms with E-state index in [0.717, 1.165) is 0 Å². The zero-order chi connectivity index (χ0) is 12.4. The van der Waals surface area contributed by atoms with E-state index in [4.69, 9.17) is 14.6 Å². The Balaban J connectivity index is 2.50. The van der Waals surface area contributed by atoms with Crippen LogP contribution in [0.4, 0.5) is 4.39 Å². The normalized spacial score (nSPS) is 16.1. The Hall–Kier alpha value is -1.78. The predicted molar refractivity (Wildman–Crippen MR) is 58.1 cm³/mol. The van der Waals surface area contributed by atoms with Gasteiger partial charge in [0.05, 0.1) is 19.1 Å². The van der Waals surface area contributed by atoms with Gasteiger partial charge in [-0.05, 0) is 13.0 Å². The number of hydrogen-bond acceptors (Lipinski definition) is 3. The number of aliphatic carboxylic acids is 1. The molecule has 0 saturated carbocycles. The van der Waals surface area contributed by atoms with Crippen LogP contribution in [0.25, 0.3) is 0 Å². The van der Waals surface area contributed by atoms with E-state index in [-0.39, 0.29) is 11.5 Å². The lowest BCUT2D eigenvalue weighted by Crippen LogP contribution is -2.10. The summed E-state index contributed by atoms with van der Waals surface area (Å²) in [7, 11) is 0. The maximum atomic E-state index is 13.5. The minimum atomic E-state index is -0.980. The summed E-state index contributed by atoms with van der Waals surface area (Å²) in [5, 5.41) is 8.99. The van der Waals surface area contributed by atoms with Crippen LogP contribution in [-0.2, 0) is 4.79 Å². The fourth-order valence-corrected chi connectivity index (χ4v) is 1.72. The van der Waals surface area contributed by atoms with Gasteiger partial charge in [0.2, 0.25) is 0 Å². The molecule has 0 radical (unpaired) electrons. The smallest absolute Gasteiger partial charge is 0.310 e. The van der Waals surface area contributed by atoms with Crippen molar-refractivity contribution in [2.75, 3.05) is 13.2 Å². The number of halogens is 1. The van der Waals surface area contributed by atoms with Gasteiger partial charge in [0.1, 0.15) is 0 Å². The molecule has 1 aliphatic rings. The summed E-state index contributed by atoms with van der Waals surface area (Å²) in [6.07, 6.45) is 0.648. The Labute approximate surface area is 98.0 Å². The number of fused-ring (bicyclic) bond motifs is 1. The molecule has 1 atom stereocenters. The van der Waals surface area contributed by atoms with Gasteiger partial charge in [-0.3, -0.25) is 4.79 Å². The van der Waals surface area contributed by atoms with Gasteiger partial charge in [-0.2, -0.15) is 0 Å². The number of carboxylic acids is 1. The van der Waals surface area contributed by atoms with E-state index in [2.05, 4.69) is 0 Å². The summed E-state index contributed by atoms with van der Waals surface area (Å²) < 4.78 is 24.2. The Kier molecular flexibility index (Phi) is 3.17. The van der Waals surface area contributed by atoms with Crippen molar-refractivity contribution in [1.29, 1.82) is 0 Å². The minimum Gasteiger partial charge on any atom is -0.489 e. The van der Waals surface area contributed by atoms with Crippen molar-refractivity contribution < 1.29 is 23.8 Å². The molecule has 1 N–H and O–H groups in total. The number of hydrogen-bond donors (Lipinski definition) is 1. The van der Waals surface area contributed by atoms with Gasteiger partial charge in [-0.15, -0.1) is 0 Å². The van der Waals surface area contributed by atoms with Gasteiger partial charge in [0.15, 0.2) is 17.3 Å². The summed E-state index contributed by atoms with van der Waals surface area (Å²) >= 11 is 0. The van der Waals surface area contributed by atoms with E-state index < -0.39 is 17.7 Å². The van der Waals surface area contributed by atoms with Crippen molar-refractivity contribution >= 4 is 5.97 Å². The highest BCUT2D eigenvalue weighted by Crippen LogP contribution is 2.39. The molecule has 0 saturated heterocycles. The topological polar surface area (TPSA) is 55.8 Å². The van der Waals surface area contributed by atoms with Crippen molar-refractivity contribution in [3.05, 3.63) is 23.5 Å². The van der Waals surface area contributed by atoms with Crippen molar-refractivity contribution in [2.24, 2.45) is 0 Å². The molecule has 1 heterocycles. The van der Waals surface area contributed by atoms with Crippen molar-refractivity contribution in [1.82, 2.24) is 0 Å². The second-order valence-corrected chi connectivity index (χ2v) is 3.91. The lowest BCUT2D eigenvalue weighted by molar-refractivity contribution is -0.138. The van der Waals surface area contributed by atoms with E-state index in [0.29, 0.717) is 25.2 Å². The van der Waals surface area contributed by atoms with Crippen molar-refractivity contribution in [2.45, 2.75) is 19.3 Å². The number of benzene rings is 1. The van der Waals surface area contributed by atoms with Crippen LogP contribution >= 0.6 is 0 Å². The highest BCUT2D eigenvalue weighted by molar-refractivity contribution is 5.77. The number of ether oxygens (including phenoxy) is 2. The Morgan fingerprint density at radius 3 is 2.65 bits per heavy atom. The molecule has 0 spiro atoms. The highest BCUT2D eigenvalue weighted by atomic mass is 19.1. The number of carboxylic acid groups (broad SMARTS) is 1.